The van der Waals surface area contributed by atoms with Crippen molar-refractivity contribution in [1.82, 2.24) is 20.0 Å². The third-order valence-corrected chi connectivity index (χ3v) is 5.33. The average Bonchev–Trinajstić information content (AvgIpc) is 3.25. The summed E-state index contributed by atoms with van der Waals surface area (Å²) in [7, 11) is 0. The fourth-order valence-corrected chi connectivity index (χ4v) is 3.82. The first-order chi connectivity index (χ1) is 15.5. The van der Waals surface area contributed by atoms with Crippen molar-refractivity contribution >= 4 is 33.5 Å². The highest BCUT2D eigenvalue weighted by atomic mass is 127. The number of benzene rings is 3. The molecule has 0 saturated heterocycles. The van der Waals surface area contributed by atoms with Crippen LogP contribution in [0.5, 0.6) is 17.2 Å². The third kappa shape index (κ3) is 3.98. The summed E-state index contributed by atoms with van der Waals surface area (Å²) in [6, 6.07) is 17.5. The molecule has 0 fully saturated rings. The first kappa shape index (κ1) is 20.3. The van der Waals surface area contributed by atoms with Gasteiger partial charge in [0.2, 0.25) is 0 Å². The number of phenolic OH excluding ortho intramolecular Hbond substituents is 1. The average molecular weight is 542 g/mol. The number of fused-ring (bicyclic) bond motifs is 1. The Balaban J connectivity index is 1.48. The minimum atomic E-state index is -0.746. The van der Waals surface area contributed by atoms with Crippen LogP contribution in [0.1, 0.15) is 0 Å². The molecule has 2 aromatic heterocycles. The molecule has 0 saturated carbocycles. The van der Waals surface area contributed by atoms with Crippen molar-refractivity contribution in [3.8, 4) is 34.3 Å². The summed E-state index contributed by atoms with van der Waals surface area (Å²) in [5.74, 6) is -0.606. The van der Waals surface area contributed by atoms with Crippen molar-refractivity contribution in [2.75, 3.05) is 0 Å². The lowest BCUT2D eigenvalue weighted by Gasteiger charge is -2.10. The molecular weight excluding hydrogens is 529 g/mol. The summed E-state index contributed by atoms with van der Waals surface area (Å²) >= 11 is 2.03. The zero-order valence-electron chi connectivity index (χ0n) is 16.2. The molecule has 0 radical (unpaired) electrons. The molecule has 0 aliphatic heterocycles. The maximum absolute atomic E-state index is 13.7. The highest BCUT2D eigenvalue weighted by Gasteiger charge is 2.12. The Morgan fingerprint density at radius 3 is 2.62 bits per heavy atom. The zero-order valence-corrected chi connectivity index (χ0v) is 18.4. The summed E-state index contributed by atoms with van der Waals surface area (Å²) < 4.78 is 35.4. The first-order valence-corrected chi connectivity index (χ1v) is 10.5. The summed E-state index contributed by atoms with van der Waals surface area (Å²) in [5, 5.41) is 18.3. The normalized spacial score (nSPS) is 11.1. The summed E-state index contributed by atoms with van der Waals surface area (Å²) in [6.45, 7) is 0. The minimum Gasteiger partial charge on any atom is -0.505 e. The number of aromatic hydroxyl groups is 1. The number of hydrogen-bond acceptors (Lipinski definition) is 5. The van der Waals surface area contributed by atoms with Crippen LogP contribution in [0, 0.1) is 15.2 Å². The molecule has 0 bridgehead atoms. The van der Waals surface area contributed by atoms with Gasteiger partial charge < -0.3 is 9.84 Å². The van der Waals surface area contributed by atoms with E-state index in [9.17, 15) is 13.9 Å². The highest BCUT2D eigenvalue weighted by Crippen LogP contribution is 2.32. The SMILES string of the molecule is Oc1ccc(-n2cc(-c3ccc4c(Oc5cc(F)cc(I)c5)cccc4n3)nn2)cc1F. The molecule has 0 atom stereocenters. The maximum Gasteiger partial charge on any atom is 0.166 e. The van der Waals surface area contributed by atoms with Gasteiger partial charge in [0.25, 0.3) is 0 Å². The standard InChI is InChI=1S/C23H13F2IN4O2/c24-13-8-14(26)10-16(9-13)32-23-3-1-2-19-17(23)5-6-20(27-19)21-12-30(29-28-21)15-4-7-22(31)18(25)11-15/h1-12,31H. The smallest absolute Gasteiger partial charge is 0.166 e. The number of halogens is 3. The van der Waals surface area contributed by atoms with Crippen molar-refractivity contribution in [2.24, 2.45) is 0 Å². The lowest BCUT2D eigenvalue weighted by molar-refractivity contribution is 0.432. The van der Waals surface area contributed by atoms with Crippen molar-refractivity contribution < 1.29 is 18.6 Å². The molecular formula is C23H13F2IN4O2. The van der Waals surface area contributed by atoms with Crippen LogP contribution in [0.3, 0.4) is 0 Å². The van der Waals surface area contributed by atoms with Crippen molar-refractivity contribution in [1.29, 1.82) is 0 Å². The Morgan fingerprint density at radius 2 is 1.81 bits per heavy atom. The number of ether oxygens (including phenoxy) is 1. The van der Waals surface area contributed by atoms with E-state index in [0.717, 1.165) is 8.96 Å². The number of pyridine rings is 1. The second-order valence-electron chi connectivity index (χ2n) is 6.91. The van der Waals surface area contributed by atoms with Gasteiger partial charge in [-0.2, -0.15) is 0 Å². The Bertz CT molecular complexity index is 1450. The molecule has 2 heterocycles. The molecule has 5 rings (SSSR count). The monoisotopic (exact) mass is 542 g/mol. The molecule has 32 heavy (non-hydrogen) atoms. The van der Waals surface area contributed by atoms with E-state index in [1.165, 1.54) is 35.0 Å². The van der Waals surface area contributed by atoms with Crippen molar-refractivity contribution in [3.05, 3.63) is 88.1 Å². The molecule has 5 aromatic rings. The van der Waals surface area contributed by atoms with Gasteiger partial charge in [-0.15, -0.1) is 5.10 Å². The van der Waals surface area contributed by atoms with Gasteiger partial charge >= 0.3 is 0 Å². The van der Waals surface area contributed by atoms with Gasteiger partial charge in [0, 0.05) is 21.1 Å². The third-order valence-electron chi connectivity index (χ3n) is 4.71. The maximum atomic E-state index is 13.7. The van der Waals surface area contributed by atoms with E-state index in [0.29, 0.717) is 34.1 Å². The lowest BCUT2D eigenvalue weighted by Crippen LogP contribution is -1.95. The fourth-order valence-electron chi connectivity index (χ4n) is 3.22. The largest absolute Gasteiger partial charge is 0.505 e. The van der Waals surface area contributed by atoms with Crippen molar-refractivity contribution in [2.45, 2.75) is 0 Å². The summed E-state index contributed by atoms with van der Waals surface area (Å²) in [5.41, 5.74) is 2.14. The Kier molecular flexibility index (Phi) is 5.17. The highest BCUT2D eigenvalue weighted by molar-refractivity contribution is 14.1. The lowest BCUT2D eigenvalue weighted by atomic mass is 10.1. The van der Waals surface area contributed by atoms with Crippen LogP contribution in [-0.4, -0.2) is 25.1 Å². The molecule has 0 amide bonds. The van der Waals surface area contributed by atoms with Crippen LogP contribution in [0.4, 0.5) is 8.78 Å². The summed E-state index contributed by atoms with van der Waals surface area (Å²) in [4.78, 5) is 4.64. The Morgan fingerprint density at radius 1 is 0.938 bits per heavy atom. The van der Waals surface area contributed by atoms with E-state index in [-0.39, 0.29) is 5.82 Å². The predicted molar refractivity (Wildman–Crippen MR) is 123 cm³/mol. The molecule has 6 nitrogen and oxygen atoms in total. The van der Waals surface area contributed by atoms with Crippen molar-refractivity contribution in [3.63, 3.8) is 0 Å². The summed E-state index contributed by atoms with van der Waals surface area (Å²) in [6.07, 6.45) is 1.62. The van der Waals surface area contributed by atoms with Gasteiger partial charge in [0.15, 0.2) is 11.6 Å². The van der Waals surface area contributed by atoms with Crippen LogP contribution in [0.25, 0.3) is 28.0 Å². The van der Waals surface area contributed by atoms with Crippen LogP contribution in [0.15, 0.2) is 72.9 Å². The minimum absolute atomic E-state index is 0.371. The number of nitrogens with zero attached hydrogens (tertiary/aromatic N) is 4. The molecule has 158 valence electrons. The first-order valence-electron chi connectivity index (χ1n) is 9.41. The molecule has 0 aliphatic rings. The zero-order chi connectivity index (χ0) is 22.2. The molecule has 3 aromatic carbocycles. The second kappa shape index (κ2) is 8.15. The molecule has 0 aliphatic carbocycles. The van der Waals surface area contributed by atoms with Gasteiger partial charge in [-0.1, -0.05) is 11.3 Å². The van der Waals surface area contributed by atoms with E-state index >= 15 is 0 Å². The second-order valence-corrected chi connectivity index (χ2v) is 8.16. The van der Waals surface area contributed by atoms with E-state index in [1.54, 1.807) is 30.5 Å². The van der Waals surface area contributed by atoms with Gasteiger partial charge in [-0.3, -0.25) is 0 Å². The van der Waals surface area contributed by atoms with Gasteiger partial charge in [0.05, 0.1) is 23.1 Å². The van der Waals surface area contributed by atoms with Crippen LogP contribution >= 0.6 is 22.6 Å². The van der Waals surface area contributed by atoms with Crippen LogP contribution in [-0.2, 0) is 0 Å². The van der Waals surface area contributed by atoms with Gasteiger partial charge in [-0.05, 0) is 71.1 Å². The van der Waals surface area contributed by atoms with Crippen LogP contribution < -0.4 is 4.74 Å². The number of aromatic nitrogens is 4. The number of rotatable bonds is 4. The predicted octanol–water partition coefficient (Wildman–Crippen LogP) is 5.86. The van der Waals surface area contributed by atoms with E-state index in [2.05, 4.69) is 15.3 Å². The quantitative estimate of drug-likeness (QED) is 0.288. The Labute approximate surface area is 194 Å². The number of phenols is 1. The number of hydrogen-bond donors (Lipinski definition) is 1. The topological polar surface area (TPSA) is 73.1 Å². The molecule has 1 N–H and O–H groups in total. The molecule has 0 unspecified atom stereocenters. The molecule has 0 spiro atoms. The fraction of sp³-hybridized carbons (Fsp3) is 0. The van der Waals surface area contributed by atoms with Gasteiger partial charge in [0.1, 0.15) is 23.0 Å². The Hall–Kier alpha value is -3.60. The van der Waals surface area contributed by atoms with E-state index in [1.807, 2.05) is 34.7 Å². The van der Waals surface area contributed by atoms with Crippen LogP contribution in [0.2, 0.25) is 0 Å². The van der Waals surface area contributed by atoms with Gasteiger partial charge in [-0.25, -0.2) is 18.4 Å². The molecule has 9 heteroatoms. The van der Waals surface area contributed by atoms with E-state index < -0.39 is 11.6 Å². The van der Waals surface area contributed by atoms with E-state index in [4.69, 9.17) is 4.74 Å².